The SMILES string of the molecule is COc1ccc(-c2cnc(C(=O)Nc3ccc(C(=O)N4C[C@@H]5CN(C(=O)[C@@H]6CCNC6)C[C@@H]5C4)c(Cl)c3)n2C)c(F)c1F. The molecule has 3 atom stereocenters. The number of halogens is 3. The molecule has 3 amide bonds. The van der Waals surface area contributed by atoms with Crippen molar-refractivity contribution < 1.29 is 27.9 Å². The zero-order valence-electron chi connectivity index (χ0n) is 23.7. The van der Waals surface area contributed by atoms with Crippen LogP contribution in [-0.4, -0.2) is 83.5 Å². The van der Waals surface area contributed by atoms with Gasteiger partial charge in [-0.05, 0) is 43.3 Å². The second kappa shape index (κ2) is 11.6. The summed E-state index contributed by atoms with van der Waals surface area (Å²) in [6.45, 7) is 4.06. The lowest BCUT2D eigenvalue weighted by Crippen LogP contribution is -2.39. The van der Waals surface area contributed by atoms with E-state index in [4.69, 9.17) is 16.3 Å². The molecule has 3 aliphatic heterocycles. The molecule has 6 rings (SSSR count). The fourth-order valence-electron chi connectivity index (χ4n) is 6.34. The van der Waals surface area contributed by atoms with Crippen LogP contribution in [0.15, 0.2) is 36.5 Å². The number of nitrogens with one attached hydrogen (secondary N) is 2. The molecular formula is C30H31ClF2N6O4. The van der Waals surface area contributed by atoms with E-state index in [1.165, 1.54) is 43.1 Å². The molecule has 43 heavy (non-hydrogen) atoms. The number of aromatic nitrogens is 2. The number of amides is 3. The van der Waals surface area contributed by atoms with Gasteiger partial charge >= 0.3 is 0 Å². The maximum absolute atomic E-state index is 14.6. The zero-order valence-corrected chi connectivity index (χ0v) is 24.5. The lowest BCUT2D eigenvalue weighted by Gasteiger charge is -2.24. The third-order valence-electron chi connectivity index (χ3n) is 8.69. The predicted octanol–water partition coefficient (Wildman–Crippen LogP) is 3.42. The number of benzene rings is 2. The van der Waals surface area contributed by atoms with E-state index in [9.17, 15) is 23.2 Å². The minimum absolute atomic E-state index is 0.0396. The quantitative estimate of drug-likeness (QED) is 0.442. The number of carbonyl (C=O) groups is 3. The molecule has 10 nitrogen and oxygen atoms in total. The van der Waals surface area contributed by atoms with E-state index >= 15 is 0 Å². The van der Waals surface area contributed by atoms with Crippen molar-refractivity contribution in [2.24, 2.45) is 24.8 Å². The molecule has 4 heterocycles. The average molecular weight is 613 g/mol. The highest BCUT2D eigenvalue weighted by Crippen LogP contribution is 2.34. The van der Waals surface area contributed by atoms with Crippen LogP contribution in [0.1, 0.15) is 27.4 Å². The molecule has 2 N–H and O–H groups in total. The Balaban J connectivity index is 1.09. The monoisotopic (exact) mass is 612 g/mol. The topological polar surface area (TPSA) is 109 Å². The molecule has 0 spiro atoms. The van der Waals surface area contributed by atoms with Crippen LogP contribution in [0.2, 0.25) is 5.02 Å². The van der Waals surface area contributed by atoms with E-state index in [-0.39, 0.29) is 57.4 Å². The summed E-state index contributed by atoms with van der Waals surface area (Å²) < 4.78 is 35.1. The number of hydrogen-bond donors (Lipinski definition) is 2. The van der Waals surface area contributed by atoms with Crippen molar-refractivity contribution in [3.05, 3.63) is 64.6 Å². The molecule has 13 heteroatoms. The summed E-state index contributed by atoms with van der Waals surface area (Å²) >= 11 is 6.50. The second-order valence-corrected chi connectivity index (χ2v) is 11.7. The van der Waals surface area contributed by atoms with Crippen LogP contribution in [-0.2, 0) is 11.8 Å². The zero-order chi connectivity index (χ0) is 30.4. The summed E-state index contributed by atoms with van der Waals surface area (Å²) in [4.78, 5) is 47.0. The van der Waals surface area contributed by atoms with Crippen LogP contribution in [0.5, 0.6) is 5.75 Å². The van der Waals surface area contributed by atoms with E-state index in [0.29, 0.717) is 37.4 Å². The van der Waals surface area contributed by atoms with Gasteiger partial charge in [0.2, 0.25) is 11.7 Å². The van der Waals surface area contributed by atoms with Crippen molar-refractivity contribution in [3.63, 3.8) is 0 Å². The van der Waals surface area contributed by atoms with E-state index in [1.54, 1.807) is 17.0 Å². The highest BCUT2D eigenvalue weighted by atomic mass is 35.5. The highest BCUT2D eigenvalue weighted by molar-refractivity contribution is 6.34. The molecule has 226 valence electrons. The fourth-order valence-corrected chi connectivity index (χ4v) is 6.61. The van der Waals surface area contributed by atoms with Gasteiger partial charge in [-0.15, -0.1) is 0 Å². The van der Waals surface area contributed by atoms with Gasteiger partial charge in [-0.1, -0.05) is 11.6 Å². The van der Waals surface area contributed by atoms with Gasteiger partial charge in [-0.25, -0.2) is 9.37 Å². The molecule has 0 unspecified atom stereocenters. The van der Waals surface area contributed by atoms with Gasteiger partial charge < -0.3 is 29.7 Å². The van der Waals surface area contributed by atoms with E-state index in [1.807, 2.05) is 4.90 Å². The van der Waals surface area contributed by atoms with E-state index in [2.05, 4.69) is 15.6 Å². The van der Waals surface area contributed by atoms with E-state index in [0.717, 1.165) is 19.5 Å². The number of ether oxygens (including phenoxy) is 1. The molecular weight excluding hydrogens is 582 g/mol. The summed E-state index contributed by atoms with van der Waals surface area (Å²) in [5.74, 6) is -2.58. The number of nitrogens with zero attached hydrogens (tertiary/aromatic N) is 4. The molecule has 0 aliphatic carbocycles. The van der Waals surface area contributed by atoms with Crippen molar-refractivity contribution >= 4 is 35.0 Å². The first-order chi connectivity index (χ1) is 20.7. The Kier molecular flexibility index (Phi) is 7.82. The van der Waals surface area contributed by atoms with Crippen LogP contribution in [0.4, 0.5) is 14.5 Å². The Hall–Kier alpha value is -4.03. The molecule has 3 aromatic rings. The number of fused-ring (bicyclic) bond motifs is 1. The summed E-state index contributed by atoms with van der Waals surface area (Å²) in [6.07, 6.45) is 2.15. The molecule has 0 bridgehead atoms. The molecule has 3 saturated heterocycles. The minimum atomic E-state index is -1.14. The molecule has 2 aromatic carbocycles. The molecule has 0 radical (unpaired) electrons. The summed E-state index contributed by atoms with van der Waals surface area (Å²) in [7, 11) is 2.75. The number of hydrogen-bond acceptors (Lipinski definition) is 6. The molecule has 0 saturated carbocycles. The minimum Gasteiger partial charge on any atom is -0.494 e. The van der Waals surface area contributed by atoms with Gasteiger partial charge in [0, 0.05) is 62.9 Å². The van der Waals surface area contributed by atoms with Crippen LogP contribution in [0.3, 0.4) is 0 Å². The van der Waals surface area contributed by atoms with Crippen molar-refractivity contribution in [1.82, 2.24) is 24.7 Å². The first-order valence-electron chi connectivity index (χ1n) is 14.1. The predicted molar refractivity (Wildman–Crippen MR) is 155 cm³/mol. The van der Waals surface area contributed by atoms with Crippen molar-refractivity contribution in [1.29, 1.82) is 0 Å². The largest absolute Gasteiger partial charge is 0.494 e. The van der Waals surface area contributed by atoms with Gasteiger partial charge in [0.25, 0.3) is 11.8 Å². The standard InChI is InChI=1S/C30H31ClF2N6O4/c1-37-23(21-5-6-24(43-2)26(33)25(21)32)11-35-27(37)28(40)36-19-3-4-20(22(31)9-19)30(42)39-14-17-12-38(13-18(17)15-39)29(41)16-7-8-34-10-16/h3-6,9,11,16-18,34H,7-8,10,12-15H2,1-2H3,(H,36,40)/t16-,17-,18+/m1/s1. The third kappa shape index (κ3) is 5.33. The average Bonchev–Trinajstić information content (AvgIpc) is 3.78. The lowest BCUT2D eigenvalue weighted by atomic mass is 10.0. The van der Waals surface area contributed by atoms with Gasteiger partial charge in [-0.3, -0.25) is 14.4 Å². The lowest BCUT2D eigenvalue weighted by molar-refractivity contribution is -0.134. The van der Waals surface area contributed by atoms with Crippen molar-refractivity contribution in [2.75, 3.05) is 51.7 Å². The van der Waals surface area contributed by atoms with Gasteiger partial charge in [0.15, 0.2) is 17.4 Å². The van der Waals surface area contributed by atoms with Crippen molar-refractivity contribution in [3.8, 4) is 17.0 Å². The maximum Gasteiger partial charge on any atom is 0.291 e. The first-order valence-corrected chi connectivity index (χ1v) is 14.5. The van der Waals surface area contributed by atoms with E-state index < -0.39 is 17.5 Å². The number of carbonyl (C=O) groups excluding carboxylic acids is 3. The van der Waals surface area contributed by atoms with Crippen LogP contribution < -0.4 is 15.4 Å². The highest BCUT2D eigenvalue weighted by Gasteiger charge is 2.44. The van der Waals surface area contributed by atoms with Crippen LogP contribution >= 0.6 is 11.6 Å². The van der Waals surface area contributed by atoms with Gasteiger partial charge in [0.05, 0.1) is 35.5 Å². The summed E-state index contributed by atoms with van der Waals surface area (Å²) in [5.41, 5.74) is 0.781. The van der Waals surface area contributed by atoms with Crippen LogP contribution in [0.25, 0.3) is 11.3 Å². The molecule has 3 aliphatic rings. The Morgan fingerprint density at radius 1 is 1.05 bits per heavy atom. The Labute approximate surface area is 251 Å². The fraction of sp³-hybridized carbons (Fsp3) is 0.400. The Morgan fingerprint density at radius 3 is 2.42 bits per heavy atom. The first kappa shape index (κ1) is 29.1. The third-order valence-corrected chi connectivity index (χ3v) is 9.00. The number of imidazole rings is 1. The molecule has 3 fully saturated rings. The van der Waals surface area contributed by atoms with Gasteiger partial charge in [-0.2, -0.15) is 4.39 Å². The molecule has 1 aromatic heterocycles. The second-order valence-electron chi connectivity index (χ2n) is 11.3. The van der Waals surface area contributed by atoms with Gasteiger partial charge in [0.1, 0.15) is 0 Å². The number of methoxy groups -OCH3 is 1. The normalized spacial score (nSPS) is 21.3. The van der Waals surface area contributed by atoms with Crippen molar-refractivity contribution in [2.45, 2.75) is 6.42 Å². The van der Waals surface area contributed by atoms with Crippen LogP contribution in [0, 0.1) is 29.4 Å². The number of anilines is 1. The smallest absolute Gasteiger partial charge is 0.291 e. The number of likely N-dealkylation sites (tertiary alicyclic amines) is 2. The maximum atomic E-state index is 14.6. The number of rotatable bonds is 6. The summed E-state index contributed by atoms with van der Waals surface area (Å²) in [6, 6.07) is 7.28. The Bertz CT molecular complexity index is 1590. The Morgan fingerprint density at radius 2 is 1.77 bits per heavy atom. The summed E-state index contributed by atoms with van der Waals surface area (Å²) in [5, 5.41) is 6.12.